The van der Waals surface area contributed by atoms with Gasteiger partial charge < -0.3 is 9.47 Å². The average molecular weight is 354 g/mol. The van der Waals surface area contributed by atoms with Gasteiger partial charge in [-0.05, 0) is 59.0 Å². The SMILES string of the molecule is c1ccc(CCc2ccc(OCOc3ccc4ccccc4c3)cc2)cc1. The van der Waals surface area contributed by atoms with Gasteiger partial charge in [-0.1, -0.05) is 72.8 Å². The average Bonchev–Trinajstić information content (AvgIpc) is 2.74. The molecule has 27 heavy (non-hydrogen) atoms. The highest BCUT2D eigenvalue weighted by Gasteiger charge is 2.00. The Labute approximate surface area is 160 Å². The molecule has 0 unspecified atom stereocenters. The summed E-state index contributed by atoms with van der Waals surface area (Å²) in [6.07, 6.45) is 2.07. The summed E-state index contributed by atoms with van der Waals surface area (Å²) in [7, 11) is 0. The lowest BCUT2D eigenvalue weighted by Gasteiger charge is -2.10. The van der Waals surface area contributed by atoms with E-state index in [0.717, 1.165) is 29.7 Å². The van der Waals surface area contributed by atoms with E-state index in [4.69, 9.17) is 9.47 Å². The van der Waals surface area contributed by atoms with Crippen molar-refractivity contribution in [1.29, 1.82) is 0 Å². The van der Waals surface area contributed by atoms with Crippen LogP contribution >= 0.6 is 0 Å². The lowest BCUT2D eigenvalue weighted by atomic mass is 10.0. The van der Waals surface area contributed by atoms with Crippen molar-refractivity contribution in [2.75, 3.05) is 6.79 Å². The third kappa shape index (κ3) is 4.68. The Morgan fingerprint density at radius 1 is 0.481 bits per heavy atom. The van der Waals surface area contributed by atoms with Crippen molar-refractivity contribution < 1.29 is 9.47 Å². The number of rotatable bonds is 7. The van der Waals surface area contributed by atoms with Crippen LogP contribution in [-0.4, -0.2) is 6.79 Å². The topological polar surface area (TPSA) is 18.5 Å². The summed E-state index contributed by atoms with van der Waals surface area (Å²) >= 11 is 0. The number of aryl methyl sites for hydroxylation is 2. The molecule has 0 heterocycles. The third-order valence-electron chi connectivity index (χ3n) is 4.64. The molecule has 0 saturated heterocycles. The van der Waals surface area contributed by atoms with Gasteiger partial charge in [0.25, 0.3) is 0 Å². The van der Waals surface area contributed by atoms with Gasteiger partial charge in [-0.3, -0.25) is 0 Å². The Balaban J connectivity index is 1.28. The molecule has 0 N–H and O–H groups in total. The molecule has 4 rings (SSSR count). The van der Waals surface area contributed by atoms with Gasteiger partial charge in [0.15, 0.2) is 0 Å². The molecule has 0 aliphatic carbocycles. The van der Waals surface area contributed by atoms with Crippen LogP contribution in [0.1, 0.15) is 11.1 Å². The number of hydrogen-bond donors (Lipinski definition) is 0. The Hall–Kier alpha value is -3.26. The highest BCUT2D eigenvalue weighted by Crippen LogP contribution is 2.21. The van der Waals surface area contributed by atoms with Gasteiger partial charge in [0.05, 0.1) is 0 Å². The standard InChI is InChI=1S/C25H22O2/c1-2-6-20(7-3-1)10-11-21-12-15-24(16-13-21)26-19-27-25-17-14-22-8-4-5-9-23(22)18-25/h1-9,12-18H,10-11,19H2. The molecule has 0 saturated carbocycles. The van der Waals surface area contributed by atoms with Gasteiger partial charge in [-0.25, -0.2) is 0 Å². The third-order valence-corrected chi connectivity index (χ3v) is 4.64. The van der Waals surface area contributed by atoms with Crippen LogP contribution in [-0.2, 0) is 12.8 Å². The zero-order valence-electron chi connectivity index (χ0n) is 15.2. The Morgan fingerprint density at radius 2 is 1.07 bits per heavy atom. The maximum atomic E-state index is 5.73. The molecule has 2 nitrogen and oxygen atoms in total. The molecule has 0 aliphatic heterocycles. The van der Waals surface area contributed by atoms with Crippen molar-refractivity contribution in [3.8, 4) is 11.5 Å². The molecule has 0 spiro atoms. The van der Waals surface area contributed by atoms with E-state index in [-0.39, 0.29) is 6.79 Å². The Kier molecular flexibility index (Phi) is 5.35. The first-order chi connectivity index (χ1) is 13.4. The number of ether oxygens (including phenoxy) is 2. The largest absolute Gasteiger partial charge is 0.458 e. The van der Waals surface area contributed by atoms with E-state index in [1.165, 1.54) is 16.5 Å². The van der Waals surface area contributed by atoms with Crippen LogP contribution in [0.25, 0.3) is 10.8 Å². The number of fused-ring (bicyclic) bond motifs is 1. The monoisotopic (exact) mass is 354 g/mol. The van der Waals surface area contributed by atoms with Crippen LogP contribution in [0.15, 0.2) is 97.1 Å². The molecule has 4 aromatic carbocycles. The van der Waals surface area contributed by atoms with Gasteiger partial charge in [-0.15, -0.1) is 0 Å². The van der Waals surface area contributed by atoms with Crippen molar-refractivity contribution in [1.82, 2.24) is 0 Å². The quantitative estimate of drug-likeness (QED) is 0.377. The summed E-state index contributed by atoms with van der Waals surface area (Å²) < 4.78 is 11.4. The number of hydrogen-bond acceptors (Lipinski definition) is 2. The van der Waals surface area contributed by atoms with Gasteiger partial charge in [0, 0.05) is 0 Å². The molecule has 0 radical (unpaired) electrons. The minimum Gasteiger partial charge on any atom is -0.458 e. The molecule has 0 bridgehead atoms. The summed E-state index contributed by atoms with van der Waals surface area (Å²) in [6.45, 7) is 0.196. The molecule has 134 valence electrons. The predicted octanol–water partition coefficient (Wildman–Crippen LogP) is 6.04. The highest BCUT2D eigenvalue weighted by atomic mass is 16.7. The van der Waals surface area contributed by atoms with Gasteiger partial charge in [0.2, 0.25) is 6.79 Å². The molecule has 0 aromatic heterocycles. The van der Waals surface area contributed by atoms with Crippen molar-refractivity contribution >= 4 is 10.8 Å². The fourth-order valence-corrected chi connectivity index (χ4v) is 3.11. The van der Waals surface area contributed by atoms with E-state index >= 15 is 0 Å². The zero-order valence-corrected chi connectivity index (χ0v) is 15.2. The van der Waals surface area contributed by atoms with Crippen LogP contribution in [0.5, 0.6) is 11.5 Å². The zero-order chi connectivity index (χ0) is 18.3. The van der Waals surface area contributed by atoms with Crippen molar-refractivity contribution in [2.45, 2.75) is 12.8 Å². The van der Waals surface area contributed by atoms with Gasteiger partial charge >= 0.3 is 0 Å². The van der Waals surface area contributed by atoms with Crippen LogP contribution in [0.2, 0.25) is 0 Å². The number of benzene rings is 4. The maximum Gasteiger partial charge on any atom is 0.230 e. The van der Waals surface area contributed by atoms with Gasteiger partial charge in [-0.2, -0.15) is 0 Å². The summed E-state index contributed by atoms with van der Waals surface area (Å²) in [4.78, 5) is 0. The molecular weight excluding hydrogens is 332 g/mol. The van der Waals surface area contributed by atoms with Gasteiger partial charge in [0.1, 0.15) is 11.5 Å². The lowest BCUT2D eigenvalue weighted by molar-refractivity contribution is 0.120. The first-order valence-electron chi connectivity index (χ1n) is 9.24. The first kappa shape index (κ1) is 17.2. The molecule has 0 fully saturated rings. The van der Waals surface area contributed by atoms with E-state index in [1.807, 2.05) is 36.4 Å². The second kappa shape index (κ2) is 8.41. The minimum atomic E-state index is 0.196. The summed E-state index contributed by atoms with van der Waals surface area (Å²) in [5.41, 5.74) is 2.67. The summed E-state index contributed by atoms with van der Waals surface area (Å²) in [5.74, 6) is 1.63. The molecule has 2 heteroatoms. The van der Waals surface area contributed by atoms with Crippen molar-refractivity contribution in [3.05, 3.63) is 108 Å². The van der Waals surface area contributed by atoms with E-state index in [0.29, 0.717) is 0 Å². The fraction of sp³-hybridized carbons (Fsp3) is 0.120. The molecule has 0 aliphatic rings. The van der Waals surface area contributed by atoms with Crippen molar-refractivity contribution in [3.63, 3.8) is 0 Å². The van der Waals surface area contributed by atoms with Crippen molar-refractivity contribution in [2.24, 2.45) is 0 Å². The normalized spacial score (nSPS) is 10.7. The van der Waals surface area contributed by atoms with Crippen LogP contribution in [0, 0.1) is 0 Å². The minimum absolute atomic E-state index is 0.196. The fourth-order valence-electron chi connectivity index (χ4n) is 3.11. The maximum absolute atomic E-state index is 5.73. The molecular formula is C25H22O2. The summed E-state index contributed by atoms with van der Waals surface area (Å²) in [5, 5.41) is 2.37. The molecule has 0 atom stereocenters. The van der Waals surface area contributed by atoms with E-state index in [2.05, 4.69) is 60.7 Å². The second-order valence-corrected chi connectivity index (χ2v) is 6.55. The van der Waals surface area contributed by atoms with Crippen LogP contribution < -0.4 is 9.47 Å². The first-order valence-corrected chi connectivity index (χ1v) is 9.24. The molecule has 4 aromatic rings. The summed E-state index contributed by atoms with van der Waals surface area (Å²) in [6, 6.07) is 33.1. The van der Waals surface area contributed by atoms with E-state index in [9.17, 15) is 0 Å². The molecule has 0 amide bonds. The Bertz CT molecular complexity index is 991. The predicted molar refractivity (Wildman–Crippen MR) is 110 cm³/mol. The van der Waals surface area contributed by atoms with Crippen LogP contribution in [0.4, 0.5) is 0 Å². The van der Waals surface area contributed by atoms with Crippen LogP contribution in [0.3, 0.4) is 0 Å². The van der Waals surface area contributed by atoms with E-state index in [1.54, 1.807) is 0 Å². The smallest absolute Gasteiger partial charge is 0.230 e. The second-order valence-electron chi connectivity index (χ2n) is 6.55. The van der Waals surface area contributed by atoms with E-state index < -0.39 is 0 Å². The Morgan fingerprint density at radius 3 is 1.85 bits per heavy atom. The lowest BCUT2D eigenvalue weighted by Crippen LogP contribution is -2.05. The highest BCUT2D eigenvalue weighted by molar-refractivity contribution is 5.83.